The number of oxazole rings is 1. The maximum atomic E-state index is 14.3. The van der Waals surface area contributed by atoms with Crippen molar-refractivity contribution in [2.75, 3.05) is 20.1 Å². The Morgan fingerprint density at radius 2 is 2.29 bits per heavy atom. The number of aryl methyl sites for hydroxylation is 1. The molecule has 2 aromatic rings. The van der Waals surface area contributed by atoms with Crippen molar-refractivity contribution < 1.29 is 8.81 Å². The average Bonchev–Trinajstić information content (AvgIpc) is 3.17. The van der Waals surface area contributed by atoms with E-state index in [9.17, 15) is 4.39 Å². The Morgan fingerprint density at radius 3 is 2.88 bits per heavy atom. The van der Waals surface area contributed by atoms with Crippen LogP contribution in [0.4, 0.5) is 4.39 Å². The van der Waals surface area contributed by atoms with Gasteiger partial charge in [0.2, 0.25) is 5.89 Å². The van der Waals surface area contributed by atoms with Crippen LogP contribution >= 0.6 is 0 Å². The number of likely N-dealkylation sites (N-methyl/N-ethyl adjacent to an activating group) is 1. The third-order valence-corrected chi connectivity index (χ3v) is 4.45. The fraction of sp³-hybridized carbons (Fsp3) is 0.444. The van der Waals surface area contributed by atoms with Gasteiger partial charge in [0.15, 0.2) is 0 Å². The van der Waals surface area contributed by atoms with Crippen molar-refractivity contribution in [3.05, 3.63) is 53.0 Å². The van der Waals surface area contributed by atoms with E-state index in [1.165, 1.54) is 6.07 Å². The lowest BCUT2D eigenvalue weighted by atomic mass is 10.1. The van der Waals surface area contributed by atoms with Crippen molar-refractivity contribution in [2.45, 2.75) is 32.5 Å². The summed E-state index contributed by atoms with van der Waals surface area (Å²) in [6.45, 7) is 4.85. The van der Waals surface area contributed by atoms with Gasteiger partial charge in [-0.25, -0.2) is 9.37 Å². The summed E-state index contributed by atoms with van der Waals surface area (Å²) in [4.78, 5) is 8.76. The molecule has 0 aliphatic carbocycles. The number of hydrogen-bond acceptors (Lipinski definition) is 5. The monoisotopic (exact) mass is 328 g/mol. The molecule has 3 rings (SSSR count). The van der Waals surface area contributed by atoms with Gasteiger partial charge < -0.3 is 9.32 Å². The molecule has 0 bridgehead atoms. The molecule has 1 aliphatic heterocycles. The van der Waals surface area contributed by atoms with E-state index in [2.05, 4.69) is 21.8 Å². The van der Waals surface area contributed by atoms with E-state index < -0.39 is 0 Å². The zero-order chi connectivity index (χ0) is 17.1. The normalized spacial score (nSPS) is 18.2. The lowest BCUT2D eigenvalue weighted by Gasteiger charge is -2.27. The van der Waals surface area contributed by atoms with Crippen LogP contribution in [0.1, 0.15) is 29.2 Å². The van der Waals surface area contributed by atoms with Crippen LogP contribution in [0.2, 0.25) is 0 Å². The van der Waals surface area contributed by atoms with Crippen LogP contribution < -0.4 is 0 Å². The minimum Gasteiger partial charge on any atom is -0.445 e. The number of nitrogens with zero attached hydrogens (tertiary/aromatic N) is 4. The smallest absolute Gasteiger partial charge is 0.208 e. The van der Waals surface area contributed by atoms with Crippen LogP contribution in [0.5, 0.6) is 0 Å². The lowest BCUT2D eigenvalue weighted by Crippen LogP contribution is -2.36. The van der Waals surface area contributed by atoms with Gasteiger partial charge in [0.05, 0.1) is 24.4 Å². The van der Waals surface area contributed by atoms with Gasteiger partial charge in [0, 0.05) is 24.7 Å². The number of benzene rings is 1. The SMILES string of the molecule is Cc1cnc(CN(Cc2ccc(C#N)cc2F)[C@@H]2CCN(C)C2)o1. The first kappa shape index (κ1) is 16.6. The summed E-state index contributed by atoms with van der Waals surface area (Å²) in [5.74, 6) is 1.09. The Labute approximate surface area is 141 Å². The number of nitriles is 1. The second-order valence-corrected chi connectivity index (χ2v) is 6.39. The quantitative estimate of drug-likeness (QED) is 0.845. The fourth-order valence-corrected chi connectivity index (χ4v) is 3.14. The summed E-state index contributed by atoms with van der Waals surface area (Å²) in [7, 11) is 2.09. The first-order valence-corrected chi connectivity index (χ1v) is 8.07. The summed E-state index contributed by atoms with van der Waals surface area (Å²) in [5, 5.41) is 8.88. The molecule has 126 valence electrons. The summed E-state index contributed by atoms with van der Waals surface area (Å²) in [6.07, 6.45) is 2.74. The number of halogens is 1. The van der Waals surface area contributed by atoms with Crippen LogP contribution in [0, 0.1) is 24.1 Å². The maximum absolute atomic E-state index is 14.3. The molecule has 0 N–H and O–H groups in total. The van der Waals surface area contributed by atoms with Crippen LogP contribution in [0.3, 0.4) is 0 Å². The highest BCUT2D eigenvalue weighted by molar-refractivity contribution is 5.32. The topological polar surface area (TPSA) is 56.3 Å². The third-order valence-electron chi connectivity index (χ3n) is 4.45. The van der Waals surface area contributed by atoms with E-state index >= 15 is 0 Å². The molecule has 24 heavy (non-hydrogen) atoms. The third kappa shape index (κ3) is 3.81. The van der Waals surface area contributed by atoms with Crippen LogP contribution in [0.15, 0.2) is 28.8 Å². The first-order chi connectivity index (χ1) is 11.5. The molecule has 0 amide bonds. The van der Waals surface area contributed by atoms with E-state index in [1.54, 1.807) is 18.3 Å². The summed E-state index contributed by atoms with van der Waals surface area (Å²) in [6, 6.07) is 6.95. The lowest BCUT2D eigenvalue weighted by molar-refractivity contribution is 0.161. The van der Waals surface area contributed by atoms with Gasteiger partial charge in [0.1, 0.15) is 11.6 Å². The van der Waals surface area contributed by atoms with E-state index in [0.29, 0.717) is 36.1 Å². The molecule has 5 nitrogen and oxygen atoms in total. The zero-order valence-corrected chi connectivity index (χ0v) is 14.0. The van der Waals surface area contributed by atoms with Crippen LogP contribution in [-0.2, 0) is 13.1 Å². The Hall–Kier alpha value is -2.23. The average molecular weight is 328 g/mol. The van der Waals surface area contributed by atoms with Gasteiger partial charge >= 0.3 is 0 Å². The number of hydrogen-bond donors (Lipinski definition) is 0. The molecule has 6 heteroatoms. The summed E-state index contributed by atoms with van der Waals surface area (Å²) >= 11 is 0. The Kier molecular flexibility index (Phi) is 4.93. The summed E-state index contributed by atoms with van der Waals surface area (Å²) in [5.41, 5.74) is 0.929. The van der Waals surface area contributed by atoms with Gasteiger partial charge in [-0.1, -0.05) is 6.07 Å². The molecule has 1 aromatic heterocycles. The number of aromatic nitrogens is 1. The van der Waals surface area contributed by atoms with Gasteiger partial charge in [-0.05, 0) is 39.1 Å². The molecule has 0 unspecified atom stereocenters. The Bertz CT molecular complexity index is 752. The molecule has 1 aromatic carbocycles. The van der Waals surface area contributed by atoms with Gasteiger partial charge in [-0.2, -0.15) is 5.26 Å². The molecule has 0 spiro atoms. The predicted molar refractivity (Wildman–Crippen MR) is 87.5 cm³/mol. The molecule has 1 saturated heterocycles. The molecular formula is C18H21FN4O. The molecule has 1 atom stereocenters. The predicted octanol–water partition coefficient (Wildman–Crippen LogP) is 2.70. The minimum atomic E-state index is -0.339. The second-order valence-electron chi connectivity index (χ2n) is 6.39. The molecular weight excluding hydrogens is 307 g/mol. The van der Waals surface area contributed by atoms with Crippen molar-refractivity contribution in [3.63, 3.8) is 0 Å². The summed E-state index contributed by atoms with van der Waals surface area (Å²) < 4.78 is 19.9. The van der Waals surface area contributed by atoms with Crippen LogP contribution in [0.25, 0.3) is 0 Å². The molecule has 2 heterocycles. The van der Waals surface area contributed by atoms with Crippen molar-refractivity contribution in [3.8, 4) is 6.07 Å². The van der Waals surface area contributed by atoms with Crippen LogP contribution in [-0.4, -0.2) is 41.0 Å². The highest BCUT2D eigenvalue weighted by Gasteiger charge is 2.27. The fourth-order valence-electron chi connectivity index (χ4n) is 3.14. The van der Waals surface area contributed by atoms with E-state index in [1.807, 2.05) is 13.0 Å². The van der Waals surface area contributed by atoms with Crippen molar-refractivity contribution in [1.82, 2.24) is 14.8 Å². The molecule has 0 saturated carbocycles. The van der Waals surface area contributed by atoms with Gasteiger partial charge in [-0.3, -0.25) is 4.90 Å². The highest BCUT2D eigenvalue weighted by Crippen LogP contribution is 2.21. The zero-order valence-electron chi connectivity index (χ0n) is 14.0. The Balaban J connectivity index is 1.80. The molecule has 1 fully saturated rings. The van der Waals surface area contributed by atoms with Gasteiger partial charge in [0.25, 0.3) is 0 Å². The molecule has 1 aliphatic rings. The largest absolute Gasteiger partial charge is 0.445 e. The van der Waals surface area contributed by atoms with Crippen molar-refractivity contribution in [2.24, 2.45) is 0 Å². The standard InChI is InChI=1S/C18H21FN4O/c1-13-9-21-18(24-13)12-23(16-5-6-22(2)11-16)10-15-4-3-14(8-20)7-17(15)19/h3-4,7,9,16H,5-6,10-12H2,1-2H3/t16-/m1/s1. The second kappa shape index (κ2) is 7.12. The maximum Gasteiger partial charge on any atom is 0.208 e. The minimum absolute atomic E-state index is 0.331. The number of likely N-dealkylation sites (tertiary alicyclic amines) is 1. The highest BCUT2D eigenvalue weighted by atomic mass is 19.1. The molecule has 0 radical (unpaired) electrons. The first-order valence-electron chi connectivity index (χ1n) is 8.07. The van der Waals surface area contributed by atoms with Crippen molar-refractivity contribution >= 4 is 0 Å². The Morgan fingerprint density at radius 1 is 1.46 bits per heavy atom. The van der Waals surface area contributed by atoms with E-state index in [4.69, 9.17) is 9.68 Å². The van der Waals surface area contributed by atoms with Gasteiger partial charge in [-0.15, -0.1) is 0 Å². The van der Waals surface area contributed by atoms with Crippen molar-refractivity contribution in [1.29, 1.82) is 5.26 Å². The van der Waals surface area contributed by atoms with E-state index in [0.717, 1.165) is 25.3 Å². The van der Waals surface area contributed by atoms with E-state index in [-0.39, 0.29) is 5.82 Å². The number of rotatable bonds is 5.